The molecule has 0 aliphatic rings. The Balaban J connectivity index is 2.38. The highest BCUT2D eigenvalue weighted by Crippen LogP contribution is 2.21. The van der Waals surface area contributed by atoms with Crippen LogP contribution in [0.15, 0.2) is 41.3 Å². The van der Waals surface area contributed by atoms with E-state index in [0.29, 0.717) is 6.07 Å². The van der Waals surface area contributed by atoms with Crippen molar-refractivity contribution in [3.8, 4) is 0 Å². The molecule has 0 saturated heterocycles. The summed E-state index contributed by atoms with van der Waals surface area (Å²) >= 11 is 0. The van der Waals surface area contributed by atoms with Gasteiger partial charge < -0.3 is 0 Å². The van der Waals surface area contributed by atoms with Gasteiger partial charge in [-0.2, -0.15) is 0 Å². The van der Waals surface area contributed by atoms with Crippen molar-refractivity contribution < 1.29 is 21.6 Å². The molecule has 0 aromatic heterocycles. The van der Waals surface area contributed by atoms with E-state index >= 15 is 0 Å². The molecule has 0 aliphatic heterocycles. The Hall–Kier alpha value is -2.02. The van der Waals surface area contributed by atoms with Crippen molar-refractivity contribution in [1.82, 2.24) is 0 Å². The topological polar surface area (TPSA) is 46.2 Å². The number of benzene rings is 2. The molecule has 0 saturated carbocycles. The van der Waals surface area contributed by atoms with Crippen LogP contribution in [-0.4, -0.2) is 8.42 Å². The molecule has 7 heteroatoms. The lowest BCUT2D eigenvalue weighted by molar-refractivity contribution is 0.582. The number of anilines is 1. The van der Waals surface area contributed by atoms with E-state index in [-0.39, 0.29) is 16.1 Å². The molecule has 0 radical (unpaired) electrons. The molecule has 0 unspecified atom stereocenters. The number of nitrogens with one attached hydrogen (secondary N) is 1. The summed E-state index contributed by atoms with van der Waals surface area (Å²) in [5.74, 6) is -2.40. The van der Waals surface area contributed by atoms with Crippen LogP contribution in [0.3, 0.4) is 0 Å². The minimum atomic E-state index is -4.07. The summed E-state index contributed by atoms with van der Waals surface area (Å²) in [6.45, 7) is 1.41. The van der Waals surface area contributed by atoms with Crippen molar-refractivity contribution in [2.75, 3.05) is 4.72 Å². The molecule has 0 atom stereocenters. The molecule has 3 nitrogen and oxygen atoms in total. The molecular weight excluding hydrogens is 291 g/mol. The maximum atomic E-state index is 13.4. The fourth-order valence-corrected chi connectivity index (χ4v) is 2.71. The van der Waals surface area contributed by atoms with Crippen LogP contribution in [0.5, 0.6) is 0 Å². The molecular formula is C13H10F3NO2S. The van der Waals surface area contributed by atoms with Crippen LogP contribution in [-0.2, 0) is 10.0 Å². The lowest BCUT2D eigenvalue weighted by Gasteiger charge is -2.09. The standard InChI is InChI=1S/C13H10F3NO2S/c1-8-6-10(3-4-11(8)15)20(18,19)17-13-5-2-9(14)7-12(13)16/h2-7,17H,1H3. The molecule has 1 N–H and O–H groups in total. The molecule has 0 aliphatic carbocycles. The minimum absolute atomic E-state index is 0.146. The number of sulfonamides is 1. The second-order valence-corrected chi connectivity index (χ2v) is 5.82. The smallest absolute Gasteiger partial charge is 0.261 e. The Morgan fingerprint density at radius 2 is 1.65 bits per heavy atom. The number of aryl methyl sites for hydroxylation is 1. The Morgan fingerprint density at radius 1 is 0.950 bits per heavy atom. The summed E-state index contributed by atoms with van der Waals surface area (Å²) in [4.78, 5) is -0.208. The van der Waals surface area contributed by atoms with Crippen molar-refractivity contribution in [1.29, 1.82) is 0 Å². The molecule has 0 amide bonds. The number of hydrogen-bond donors (Lipinski definition) is 1. The van der Waals surface area contributed by atoms with Crippen molar-refractivity contribution in [2.24, 2.45) is 0 Å². The van der Waals surface area contributed by atoms with Gasteiger partial charge in [-0.1, -0.05) is 0 Å². The van der Waals surface area contributed by atoms with Crippen molar-refractivity contribution in [3.63, 3.8) is 0 Å². The molecule has 0 fully saturated rings. The van der Waals surface area contributed by atoms with Gasteiger partial charge in [0.05, 0.1) is 10.6 Å². The van der Waals surface area contributed by atoms with Gasteiger partial charge in [-0.15, -0.1) is 0 Å². The zero-order valence-electron chi connectivity index (χ0n) is 10.3. The van der Waals surface area contributed by atoms with Gasteiger partial charge in [0.25, 0.3) is 10.0 Å². The van der Waals surface area contributed by atoms with Crippen molar-refractivity contribution in [2.45, 2.75) is 11.8 Å². The fourth-order valence-electron chi connectivity index (χ4n) is 1.56. The van der Waals surface area contributed by atoms with Crippen molar-refractivity contribution in [3.05, 3.63) is 59.4 Å². The summed E-state index contributed by atoms with van der Waals surface area (Å²) in [5, 5.41) is 0. The van der Waals surface area contributed by atoms with Crippen LogP contribution in [0.4, 0.5) is 18.9 Å². The Morgan fingerprint density at radius 3 is 2.25 bits per heavy atom. The summed E-state index contributed by atoms with van der Waals surface area (Å²) in [6.07, 6.45) is 0. The molecule has 0 heterocycles. The zero-order chi connectivity index (χ0) is 14.9. The van der Waals surface area contributed by atoms with Gasteiger partial charge in [-0.05, 0) is 42.8 Å². The third-order valence-corrected chi connectivity index (χ3v) is 3.98. The summed E-state index contributed by atoms with van der Waals surface area (Å²) in [6, 6.07) is 5.65. The molecule has 2 rings (SSSR count). The SMILES string of the molecule is Cc1cc(S(=O)(=O)Nc2ccc(F)cc2F)ccc1F. The van der Waals surface area contributed by atoms with E-state index in [1.54, 1.807) is 0 Å². The van der Waals surface area contributed by atoms with Crippen LogP contribution >= 0.6 is 0 Å². The second kappa shape index (κ2) is 5.16. The predicted molar refractivity (Wildman–Crippen MR) is 68.3 cm³/mol. The van der Waals surface area contributed by atoms with Crippen LogP contribution < -0.4 is 4.72 Å². The first-order chi connectivity index (χ1) is 9.29. The number of halogens is 3. The monoisotopic (exact) mass is 301 g/mol. The van der Waals surface area contributed by atoms with Gasteiger partial charge in [0.1, 0.15) is 17.5 Å². The summed E-state index contributed by atoms with van der Waals surface area (Å²) in [5.41, 5.74) is -0.235. The third-order valence-electron chi connectivity index (χ3n) is 2.62. The molecule has 20 heavy (non-hydrogen) atoms. The van der Waals surface area contributed by atoms with Gasteiger partial charge in [0.2, 0.25) is 0 Å². The van der Waals surface area contributed by atoms with E-state index in [9.17, 15) is 21.6 Å². The Labute approximate surface area is 114 Å². The average molecular weight is 301 g/mol. The Bertz CT molecular complexity index is 760. The zero-order valence-corrected chi connectivity index (χ0v) is 11.1. The lowest BCUT2D eigenvalue weighted by Crippen LogP contribution is -2.14. The van der Waals surface area contributed by atoms with E-state index < -0.39 is 27.5 Å². The number of rotatable bonds is 3. The lowest BCUT2D eigenvalue weighted by atomic mass is 10.2. The quantitative estimate of drug-likeness (QED) is 0.946. The highest BCUT2D eigenvalue weighted by molar-refractivity contribution is 7.92. The van der Waals surface area contributed by atoms with Crippen LogP contribution in [0.1, 0.15) is 5.56 Å². The minimum Gasteiger partial charge on any atom is -0.277 e. The molecule has 2 aromatic carbocycles. The van der Waals surface area contributed by atoms with E-state index in [0.717, 1.165) is 30.3 Å². The van der Waals surface area contributed by atoms with E-state index in [1.165, 1.54) is 6.92 Å². The predicted octanol–water partition coefficient (Wildman–Crippen LogP) is 3.21. The van der Waals surface area contributed by atoms with Gasteiger partial charge in [-0.3, -0.25) is 4.72 Å². The summed E-state index contributed by atoms with van der Waals surface area (Å²) < 4.78 is 65.3. The molecule has 0 spiro atoms. The Kier molecular flexibility index (Phi) is 3.71. The number of hydrogen-bond acceptors (Lipinski definition) is 2. The fraction of sp³-hybridized carbons (Fsp3) is 0.0769. The van der Waals surface area contributed by atoms with Crippen molar-refractivity contribution >= 4 is 15.7 Å². The highest BCUT2D eigenvalue weighted by Gasteiger charge is 2.17. The van der Waals surface area contributed by atoms with E-state index in [1.807, 2.05) is 4.72 Å². The van der Waals surface area contributed by atoms with Crippen LogP contribution in [0.25, 0.3) is 0 Å². The van der Waals surface area contributed by atoms with Gasteiger partial charge in [-0.25, -0.2) is 21.6 Å². The second-order valence-electron chi connectivity index (χ2n) is 4.14. The molecule has 0 bridgehead atoms. The van der Waals surface area contributed by atoms with Crippen LogP contribution in [0, 0.1) is 24.4 Å². The molecule has 106 valence electrons. The van der Waals surface area contributed by atoms with E-state index in [2.05, 4.69) is 0 Å². The third kappa shape index (κ3) is 2.93. The van der Waals surface area contributed by atoms with Gasteiger partial charge in [0.15, 0.2) is 0 Å². The maximum Gasteiger partial charge on any atom is 0.261 e. The first kappa shape index (κ1) is 14.4. The maximum absolute atomic E-state index is 13.4. The van der Waals surface area contributed by atoms with Gasteiger partial charge >= 0.3 is 0 Å². The molecule has 2 aromatic rings. The average Bonchev–Trinajstić information content (AvgIpc) is 2.36. The normalized spacial score (nSPS) is 11.4. The highest BCUT2D eigenvalue weighted by atomic mass is 32.2. The first-order valence-electron chi connectivity index (χ1n) is 5.53. The van der Waals surface area contributed by atoms with Crippen LogP contribution in [0.2, 0.25) is 0 Å². The van der Waals surface area contributed by atoms with E-state index in [4.69, 9.17) is 0 Å². The largest absolute Gasteiger partial charge is 0.277 e. The van der Waals surface area contributed by atoms with Gasteiger partial charge in [0, 0.05) is 6.07 Å². The summed E-state index contributed by atoms with van der Waals surface area (Å²) in [7, 11) is -4.07. The first-order valence-corrected chi connectivity index (χ1v) is 7.02.